The molecule has 0 radical (unpaired) electrons. The molecule has 2 atom stereocenters. The van der Waals surface area contributed by atoms with Gasteiger partial charge in [-0.05, 0) is 25.2 Å². The van der Waals surface area contributed by atoms with Crippen LogP contribution in [-0.2, 0) is 9.59 Å². The molecule has 2 fully saturated rings. The molecule has 2 aliphatic rings. The highest BCUT2D eigenvalue weighted by molar-refractivity contribution is 6.05. The van der Waals surface area contributed by atoms with Crippen LogP contribution < -0.4 is 5.32 Å². The normalized spacial score (nSPS) is 25.9. The molecule has 18 heavy (non-hydrogen) atoms. The van der Waals surface area contributed by atoms with Crippen LogP contribution in [0.2, 0.25) is 0 Å². The largest absolute Gasteiger partial charge is 0.303 e. The second-order valence-corrected chi connectivity index (χ2v) is 5.59. The van der Waals surface area contributed by atoms with Crippen molar-refractivity contribution in [3.8, 4) is 0 Å². The Morgan fingerprint density at radius 3 is 2.61 bits per heavy atom. The molecule has 0 aromatic rings. The summed E-state index contributed by atoms with van der Waals surface area (Å²) in [6.45, 7) is 4.70. The van der Waals surface area contributed by atoms with Crippen LogP contribution >= 0.6 is 0 Å². The third-order valence-electron chi connectivity index (χ3n) is 3.94. The maximum atomic E-state index is 12.1. The van der Waals surface area contributed by atoms with Crippen molar-refractivity contribution in [2.24, 2.45) is 5.92 Å². The number of carbonyl (C=O) groups excluding carboxylic acids is 2. The van der Waals surface area contributed by atoms with E-state index in [9.17, 15) is 9.59 Å². The molecule has 1 N–H and O–H groups in total. The Balaban J connectivity index is 1.88. The van der Waals surface area contributed by atoms with Gasteiger partial charge in [-0.1, -0.05) is 26.7 Å². The molecule has 2 unspecified atom stereocenters. The van der Waals surface area contributed by atoms with Crippen LogP contribution in [0, 0.1) is 5.92 Å². The smallest absolute Gasteiger partial charge is 0.246 e. The highest BCUT2D eigenvalue weighted by atomic mass is 16.2. The first-order chi connectivity index (χ1) is 8.65. The number of imide groups is 1. The second-order valence-electron chi connectivity index (χ2n) is 5.59. The average molecular weight is 252 g/mol. The van der Waals surface area contributed by atoms with E-state index in [0.717, 1.165) is 25.2 Å². The van der Waals surface area contributed by atoms with Gasteiger partial charge in [0.15, 0.2) is 0 Å². The molecule has 0 bridgehead atoms. The van der Waals surface area contributed by atoms with Crippen molar-refractivity contribution in [1.82, 2.24) is 10.2 Å². The van der Waals surface area contributed by atoms with Crippen LogP contribution in [0.25, 0.3) is 0 Å². The molecular formula is C14H24N2O2. The molecule has 0 spiro atoms. The van der Waals surface area contributed by atoms with Gasteiger partial charge in [0.1, 0.15) is 0 Å². The molecule has 1 saturated heterocycles. The summed E-state index contributed by atoms with van der Waals surface area (Å²) in [5.41, 5.74) is 0. The van der Waals surface area contributed by atoms with Crippen LogP contribution in [0.5, 0.6) is 0 Å². The summed E-state index contributed by atoms with van der Waals surface area (Å²) in [6.07, 6.45) is 6.03. The Hall–Kier alpha value is -0.900. The van der Waals surface area contributed by atoms with E-state index in [1.165, 1.54) is 17.7 Å². The minimum atomic E-state index is -0.271. The van der Waals surface area contributed by atoms with Crippen molar-refractivity contribution >= 4 is 11.8 Å². The number of nitrogens with zero attached hydrogens (tertiary/aromatic N) is 1. The van der Waals surface area contributed by atoms with Crippen LogP contribution in [0.1, 0.15) is 52.4 Å². The fourth-order valence-electron chi connectivity index (χ4n) is 2.66. The van der Waals surface area contributed by atoms with Crippen molar-refractivity contribution < 1.29 is 9.59 Å². The van der Waals surface area contributed by atoms with E-state index >= 15 is 0 Å². The van der Waals surface area contributed by atoms with Crippen molar-refractivity contribution in [2.45, 2.75) is 64.5 Å². The summed E-state index contributed by atoms with van der Waals surface area (Å²) in [6, 6.07) is 0.119. The quantitative estimate of drug-likeness (QED) is 0.702. The van der Waals surface area contributed by atoms with E-state index in [-0.39, 0.29) is 17.9 Å². The minimum absolute atomic E-state index is 0.0133. The Morgan fingerprint density at radius 1 is 1.33 bits per heavy atom. The van der Waals surface area contributed by atoms with Gasteiger partial charge in [-0.25, -0.2) is 0 Å². The summed E-state index contributed by atoms with van der Waals surface area (Å²) in [7, 11) is 0. The van der Waals surface area contributed by atoms with Crippen molar-refractivity contribution in [3.63, 3.8) is 0 Å². The Kier molecular flexibility index (Phi) is 4.38. The van der Waals surface area contributed by atoms with Gasteiger partial charge in [-0.15, -0.1) is 0 Å². The van der Waals surface area contributed by atoms with Crippen molar-refractivity contribution in [3.05, 3.63) is 0 Å². The Labute approximate surface area is 109 Å². The van der Waals surface area contributed by atoms with Crippen LogP contribution in [0.4, 0.5) is 0 Å². The van der Waals surface area contributed by atoms with E-state index in [4.69, 9.17) is 0 Å². The Morgan fingerprint density at radius 2 is 2.06 bits per heavy atom. The van der Waals surface area contributed by atoms with Gasteiger partial charge in [0.2, 0.25) is 11.8 Å². The second kappa shape index (κ2) is 5.83. The SMILES string of the molecule is CCCN1C(=O)CC(NC(CC)CC2CC2)C1=O. The molecule has 102 valence electrons. The maximum Gasteiger partial charge on any atom is 0.246 e. The van der Waals surface area contributed by atoms with Crippen LogP contribution in [0.15, 0.2) is 0 Å². The molecule has 1 heterocycles. The first kappa shape index (κ1) is 13.5. The number of amides is 2. The zero-order chi connectivity index (χ0) is 13.1. The lowest BCUT2D eigenvalue weighted by Crippen LogP contribution is -2.44. The fourth-order valence-corrected chi connectivity index (χ4v) is 2.66. The lowest BCUT2D eigenvalue weighted by Gasteiger charge is -2.21. The maximum absolute atomic E-state index is 12.1. The number of hydrogen-bond acceptors (Lipinski definition) is 3. The van der Waals surface area contributed by atoms with Gasteiger partial charge in [-0.2, -0.15) is 0 Å². The van der Waals surface area contributed by atoms with E-state index in [2.05, 4.69) is 12.2 Å². The fraction of sp³-hybridized carbons (Fsp3) is 0.857. The number of carbonyl (C=O) groups is 2. The molecule has 4 nitrogen and oxygen atoms in total. The van der Waals surface area contributed by atoms with E-state index in [1.54, 1.807) is 0 Å². The molecule has 2 rings (SSSR count). The Bertz CT molecular complexity index is 326. The first-order valence-corrected chi connectivity index (χ1v) is 7.25. The number of nitrogens with one attached hydrogen (secondary N) is 1. The molecule has 2 amide bonds. The molecule has 1 aliphatic carbocycles. The van der Waals surface area contributed by atoms with Crippen molar-refractivity contribution in [1.29, 1.82) is 0 Å². The summed E-state index contributed by atoms with van der Waals surface area (Å²) < 4.78 is 0. The molecular weight excluding hydrogens is 228 g/mol. The van der Waals surface area contributed by atoms with Gasteiger partial charge in [0.25, 0.3) is 0 Å². The highest BCUT2D eigenvalue weighted by Gasteiger charge is 2.39. The molecule has 4 heteroatoms. The van der Waals surface area contributed by atoms with E-state index < -0.39 is 0 Å². The monoisotopic (exact) mass is 252 g/mol. The summed E-state index contributed by atoms with van der Waals surface area (Å²) in [5, 5.41) is 3.39. The lowest BCUT2D eigenvalue weighted by molar-refractivity contribution is -0.138. The van der Waals surface area contributed by atoms with E-state index in [1.807, 2.05) is 6.92 Å². The highest BCUT2D eigenvalue weighted by Crippen LogP contribution is 2.34. The van der Waals surface area contributed by atoms with Crippen LogP contribution in [-0.4, -0.2) is 35.3 Å². The molecule has 0 aromatic heterocycles. The van der Waals surface area contributed by atoms with Gasteiger partial charge < -0.3 is 5.32 Å². The summed E-state index contributed by atoms with van der Waals surface area (Å²) in [4.78, 5) is 25.3. The molecule has 1 aliphatic heterocycles. The minimum Gasteiger partial charge on any atom is -0.303 e. The summed E-state index contributed by atoms with van der Waals surface area (Å²) in [5.74, 6) is 0.818. The summed E-state index contributed by atoms with van der Waals surface area (Å²) >= 11 is 0. The number of rotatable bonds is 7. The third kappa shape index (κ3) is 3.10. The predicted molar refractivity (Wildman–Crippen MR) is 70.0 cm³/mol. The molecule has 1 saturated carbocycles. The standard InChI is InChI=1S/C14H24N2O2/c1-3-7-16-13(17)9-12(14(16)18)15-11(4-2)8-10-5-6-10/h10-12,15H,3-9H2,1-2H3. The average Bonchev–Trinajstić information content (AvgIpc) is 3.12. The van der Waals surface area contributed by atoms with Gasteiger partial charge >= 0.3 is 0 Å². The number of hydrogen-bond donors (Lipinski definition) is 1. The van der Waals surface area contributed by atoms with Crippen molar-refractivity contribution in [2.75, 3.05) is 6.54 Å². The number of likely N-dealkylation sites (tertiary alicyclic amines) is 1. The van der Waals surface area contributed by atoms with Crippen LogP contribution in [0.3, 0.4) is 0 Å². The predicted octanol–water partition coefficient (Wildman–Crippen LogP) is 1.69. The van der Waals surface area contributed by atoms with Gasteiger partial charge in [-0.3, -0.25) is 14.5 Å². The molecule has 0 aromatic carbocycles. The topological polar surface area (TPSA) is 49.4 Å². The van der Waals surface area contributed by atoms with Gasteiger partial charge in [0.05, 0.1) is 12.5 Å². The first-order valence-electron chi connectivity index (χ1n) is 7.25. The van der Waals surface area contributed by atoms with E-state index in [0.29, 0.717) is 19.0 Å². The lowest BCUT2D eigenvalue weighted by atomic mass is 10.1. The zero-order valence-corrected chi connectivity index (χ0v) is 11.4. The van der Waals surface area contributed by atoms with Gasteiger partial charge in [0, 0.05) is 12.6 Å². The third-order valence-corrected chi connectivity index (χ3v) is 3.94. The zero-order valence-electron chi connectivity index (χ0n) is 11.4.